The smallest absolute Gasteiger partial charge is 0.327 e. The predicted molar refractivity (Wildman–Crippen MR) is 66.6 cm³/mol. The SMILES string of the molecule is NC[C@@H](CCO[N+](=O)[O-])O[N+](=O)O[C@@H](CN)CCO[N+](=O)[O-]. The van der Waals surface area contributed by atoms with Crippen LogP contribution < -0.4 is 11.5 Å². The molecule has 0 bridgehead atoms. The topological polar surface area (TPSA) is 195 Å². The molecule has 0 saturated heterocycles. The average molecular weight is 328 g/mol. The van der Waals surface area contributed by atoms with Gasteiger partial charge in [0.05, 0.1) is 0 Å². The first-order valence-corrected chi connectivity index (χ1v) is 6.14. The highest BCUT2D eigenvalue weighted by atomic mass is 17.0. The Morgan fingerprint density at radius 3 is 1.45 bits per heavy atom. The monoisotopic (exact) mass is 328 g/mol. The maximum atomic E-state index is 11.4. The number of nitrogens with two attached hydrogens (primary N) is 2. The van der Waals surface area contributed by atoms with Gasteiger partial charge in [0.25, 0.3) is 10.2 Å². The number of nitrogens with zero attached hydrogens (tertiary/aromatic N) is 3. The summed E-state index contributed by atoms with van der Waals surface area (Å²) < 4.78 is 0. The lowest BCUT2D eigenvalue weighted by molar-refractivity contribution is -0.992. The van der Waals surface area contributed by atoms with E-state index in [-0.39, 0.29) is 44.2 Å². The Hall–Kier alpha value is -2.48. The molecule has 0 aliphatic carbocycles. The van der Waals surface area contributed by atoms with Gasteiger partial charge in [-0.1, -0.05) is 0 Å². The minimum Gasteiger partial charge on any atom is -0.327 e. The summed E-state index contributed by atoms with van der Waals surface area (Å²) in [6, 6.07) is 0. The Morgan fingerprint density at radius 2 is 1.18 bits per heavy atom. The standard InChI is InChI=1S/C8H18N5O9/c9-5-7(1-3-19-11(14)15)21-13(18)22-8(6-10)2-4-20-12(16)17/h7-8H,1-6,9-10H2/q+1/t7-,8-/m1/s1. The summed E-state index contributed by atoms with van der Waals surface area (Å²) in [4.78, 5) is 48.9. The molecule has 14 heteroatoms. The summed E-state index contributed by atoms with van der Waals surface area (Å²) >= 11 is 0. The zero-order valence-corrected chi connectivity index (χ0v) is 11.6. The summed E-state index contributed by atoms with van der Waals surface area (Å²) in [6.07, 6.45) is -1.77. The molecule has 0 aromatic carbocycles. The van der Waals surface area contributed by atoms with Crippen molar-refractivity contribution in [3.63, 3.8) is 0 Å². The van der Waals surface area contributed by atoms with Crippen molar-refractivity contribution >= 4 is 0 Å². The van der Waals surface area contributed by atoms with Crippen LogP contribution in [0.25, 0.3) is 0 Å². The summed E-state index contributed by atoms with van der Waals surface area (Å²) in [6.45, 7) is -0.832. The zero-order valence-electron chi connectivity index (χ0n) is 11.6. The minimum absolute atomic E-state index is 0.0166. The molecule has 0 aliphatic heterocycles. The Kier molecular flexibility index (Phi) is 9.95. The van der Waals surface area contributed by atoms with Crippen LogP contribution in [0.15, 0.2) is 0 Å². The van der Waals surface area contributed by atoms with E-state index >= 15 is 0 Å². The van der Waals surface area contributed by atoms with Gasteiger partial charge in [-0.2, -0.15) is 9.68 Å². The fourth-order valence-corrected chi connectivity index (χ4v) is 1.21. The molecule has 14 nitrogen and oxygen atoms in total. The summed E-state index contributed by atoms with van der Waals surface area (Å²) in [7, 11) is 0. The molecule has 0 amide bonds. The quantitative estimate of drug-likeness (QED) is 0.277. The highest BCUT2D eigenvalue weighted by Crippen LogP contribution is 2.03. The molecule has 2 atom stereocenters. The Balaban J connectivity index is 4.08. The molecule has 0 spiro atoms. The van der Waals surface area contributed by atoms with Crippen LogP contribution in [0, 0.1) is 25.1 Å². The second-order valence-corrected chi connectivity index (χ2v) is 3.84. The number of rotatable bonds is 14. The largest absolute Gasteiger partial charge is 0.478 e. The first-order valence-electron chi connectivity index (χ1n) is 6.14. The van der Waals surface area contributed by atoms with E-state index in [2.05, 4.69) is 9.68 Å². The summed E-state index contributed by atoms with van der Waals surface area (Å²) in [5.41, 5.74) is 10.6. The van der Waals surface area contributed by atoms with E-state index in [9.17, 15) is 25.1 Å². The first kappa shape index (κ1) is 19.5. The Labute approximate surface area is 123 Å². The fraction of sp³-hybridized carbons (Fsp3) is 1.00. The molecule has 22 heavy (non-hydrogen) atoms. The normalized spacial score (nSPS) is 12.8. The van der Waals surface area contributed by atoms with Crippen LogP contribution in [0.1, 0.15) is 12.8 Å². The van der Waals surface area contributed by atoms with Crippen molar-refractivity contribution in [3.8, 4) is 0 Å². The molecule has 4 N–H and O–H groups in total. The van der Waals surface area contributed by atoms with Crippen LogP contribution >= 0.6 is 0 Å². The van der Waals surface area contributed by atoms with Crippen LogP contribution in [-0.4, -0.2) is 53.8 Å². The fourth-order valence-electron chi connectivity index (χ4n) is 1.21. The molecular weight excluding hydrogens is 310 g/mol. The van der Waals surface area contributed by atoms with Crippen molar-refractivity contribution in [3.05, 3.63) is 25.1 Å². The van der Waals surface area contributed by atoms with E-state index in [1.165, 1.54) is 0 Å². The van der Waals surface area contributed by atoms with Crippen molar-refractivity contribution in [1.29, 1.82) is 0 Å². The summed E-state index contributed by atoms with van der Waals surface area (Å²) in [5.74, 6) is 0. The maximum absolute atomic E-state index is 11.4. The van der Waals surface area contributed by atoms with E-state index in [0.717, 1.165) is 0 Å². The molecule has 0 fully saturated rings. The lowest BCUT2D eigenvalue weighted by atomic mass is 10.3. The second-order valence-electron chi connectivity index (χ2n) is 3.84. The second kappa shape index (κ2) is 11.2. The van der Waals surface area contributed by atoms with Crippen molar-refractivity contribution in [2.45, 2.75) is 25.0 Å². The Bertz CT molecular complexity index is 336. The van der Waals surface area contributed by atoms with Gasteiger partial charge in [-0.05, 0) is 0 Å². The third kappa shape index (κ3) is 10.3. The van der Waals surface area contributed by atoms with E-state index in [1.807, 2.05) is 0 Å². The Morgan fingerprint density at radius 1 is 0.818 bits per heavy atom. The molecular formula is C8H18N5O9+. The van der Waals surface area contributed by atoms with Crippen LogP contribution in [0.5, 0.6) is 0 Å². The van der Waals surface area contributed by atoms with Crippen LogP contribution in [0.2, 0.25) is 0 Å². The average Bonchev–Trinajstić information content (AvgIpc) is 2.44. The van der Waals surface area contributed by atoms with Gasteiger partial charge >= 0.3 is 5.09 Å². The van der Waals surface area contributed by atoms with Crippen LogP contribution in [0.3, 0.4) is 0 Å². The van der Waals surface area contributed by atoms with Crippen molar-refractivity contribution < 1.29 is 34.6 Å². The van der Waals surface area contributed by atoms with Crippen molar-refractivity contribution in [1.82, 2.24) is 0 Å². The maximum Gasteiger partial charge on any atom is 0.478 e. The predicted octanol–water partition coefficient (Wildman–Crippen LogP) is -1.52. The highest BCUT2D eigenvalue weighted by molar-refractivity contribution is 4.55. The van der Waals surface area contributed by atoms with Crippen molar-refractivity contribution in [2.75, 3.05) is 26.3 Å². The molecule has 0 radical (unpaired) electrons. The van der Waals surface area contributed by atoms with Gasteiger partial charge in [0.15, 0.2) is 12.2 Å². The molecule has 0 heterocycles. The van der Waals surface area contributed by atoms with Gasteiger partial charge in [0, 0.05) is 25.9 Å². The summed E-state index contributed by atoms with van der Waals surface area (Å²) in [5, 5.41) is 17.7. The van der Waals surface area contributed by atoms with Gasteiger partial charge < -0.3 is 21.1 Å². The molecule has 0 aromatic heterocycles. The van der Waals surface area contributed by atoms with Crippen molar-refractivity contribution in [2.24, 2.45) is 11.5 Å². The zero-order chi connectivity index (χ0) is 17.0. The van der Waals surface area contributed by atoms with E-state index in [4.69, 9.17) is 21.1 Å². The van der Waals surface area contributed by atoms with Crippen LogP contribution in [0.4, 0.5) is 0 Å². The van der Waals surface area contributed by atoms with Crippen LogP contribution in [-0.2, 0) is 19.4 Å². The molecule has 0 rings (SSSR count). The van der Waals surface area contributed by atoms with E-state index < -0.39 is 22.4 Å². The van der Waals surface area contributed by atoms with E-state index in [0.29, 0.717) is 0 Å². The number of hydrogen-bond donors (Lipinski definition) is 2. The van der Waals surface area contributed by atoms with Gasteiger partial charge in [-0.3, -0.25) is 0 Å². The van der Waals surface area contributed by atoms with Gasteiger partial charge in [-0.25, -0.2) is 0 Å². The van der Waals surface area contributed by atoms with Gasteiger partial charge in [0.1, 0.15) is 18.1 Å². The third-order valence-corrected chi connectivity index (χ3v) is 2.27. The van der Waals surface area contributed by atoms with E-state index in [1.54, 1.807) is 0 Å². The number of hydrogen-bond acceptors (Lipinski definition) is 11. The first-order chi connectivity index (χ1) is 10.4. The van der Waals surface area contributed by atoms with Gasteiger partial charge in [-0.15, -0.1) is 20.2 Å². The molecule has 0 aromatic rings. The molecule has 0 aliphatic rings. The van der Waals surface area contributed by atoms with Gasteiger partial charge in [0.2, 0.25) is 0 Å². The third-order valence-electron chi connectivity index (χ3n) is 2.27. The minimum atomic E-state index is -0.987. The molecule has 128 valence electrons. The molecule has 0 unspecified atom stereocenters. The lowest BCUT2D eigenvalue weighted by Gasteiger charge is -2.10. The molecule has 0 saturated carbocycles. The lowest BCUT2D eigenvalue weighted by Crippen LogP contribution is -2.34. The highest BCUT2D eigenvalue weighted by Gasteiger charge is 2.26.